The quantitative estimate of drug-likeness (QED) is 0.0400. The third kappa shape index (κ3) is 26.0. The number of hydrogen-bond acceptors (Lipinski definition) is 7. The van der Waals surface area contributed by atoms with Crippen molar-refractivity contribution in [2.45, 2.75) is 135 Å². The Morgan fingerprint density at radius 1 is 0.705 bits per heavy atom. The third-order valence-corrected chi connectivity index (χ3v) is 7.27. The van der Waals surface area contributed by atoms with Gasteiger partial charge in [-0.2, -0.15) is 0 Å². The van der Waals surface area contributed by atoms with Gasteiger partial charge in [0.1, 0.15) is 12.6 Å². The molecule has 0 spiro atoms. The van der Waals surface area contributed by atoms with Crippen molar-refractivity contribution in [3.05, 3.63) is 36.5 Å². The van der Waals surface area contributed by atoms with Gasteiger partial charge in [-0.15, -0.1) is 0 Å². The summed E-state index contributed by atoms with van der Waals surface area (Å²) in [7, 11) is 5.35. The maximum Gasteiger partial charge on any atom is 0.306 e. The lowest BCUT2D eigenvalue weighted by molar-refractivity contribution is -0.889. The van der Waals surface area contributed by atoms with Crippen LogP contribution in [-0.4, -0.2) is 75.5 Å². The smallest absolute Gasteiger partial charge is 0.306 e. The molecule has 0 rings (SSSR count). The van der Waals surface area contributed by atoms with E-state index in [0.29, 0.717) is 12.8 Å². The number of hydrogen-bond donors (Lipinski definition) is 0. The molecule has 0 fully saturated rings. The van der Waals surface area contributed by atoms with Gasteiger partial charge in [-0.05, 0) is 51.4 Å². The van der Waals surface area contributed by atoms with Crippen molar-refractivity contribution < 1.29 is 38.2 Å². The van der Waals surface area contributed by atoms with Crippen molar-refractivity contribution in [3.63, 3.8) is 0 Å². The van der Waals surface area contributed by atoms with E-state index in [9.17, 15) is 19.5 Å². The fraction of sp³-hybridized carbons (Fsp3) is 0.750. The molecule has 0 aliphatic rings. The summed E-state index contributed by atoms with van der Waals surface area (Å²) >= 11 is 0. The van der Waals surface area contributed by atoms with Crippen LogP contribution in [0.5, 0.6) is 0 Å². The Bertz CT molecular complexity index is 829. The van der Waals surface area contributed by atoms with E-state index in [4.69, 9.17) is 14.2 Å². The van der Waals surface area contributed by atoms with Crippen molar-refractivity contribution in [2.75, 3.05) is 41.0 Å². The summed E-state index contributed by atoms with van der Waals surface area (Å²) in [4.78, 5) is 36.3. The van der Waals surface area contributed by atoms with Gasteiger partial charge in [-0.1, -0.05) is 88.8 Å². The fourth-order valence-electron chi connectivity index (χ4n) is 4.59. The van der Waals surface area contributed by atoms with Gasteiger partial charge in [0.05, 0.1) is 40.3 Å². The highest BCUT2D eigenvalue weighted by Gasteiger charge is 2.25. The molecule has 0 bridgehead atoms. The minimum absolute atomic E-state index is 0.0126. The molecule has 2 unspecified atom stereocenters. The molecule has 0 heterocycles. The van der Waals surface area contributed by atoms with Crippen LogP contribution in [0.2, 0.25) is 0 Å². The summed E-state index contributed by atoms with van der Waals surface area (Å²) in [5.41, 5.74) is 0. The van der Waals surface area contributed by atoms with Crippen molar-refractivity contribution in [1.82, 2.24) is 0 Å². The lowest BCUT2D eigenvalue weighted by atomic mass is 10.1. The monoisotopic (exact) mass is 621 g/mol. The van der Waals surface area contributed by atoms with Crippen LogP contribution in [0.25, 0.3) is 0 Å². The minimum Gasteiger partial charge on any atom is -0.544 e. The number of nitrogens with zero attached hydrogens (tertiary/aromatic N) is 1. The molecule has 0 saturated carbocycles. The number of aliphatic carboxylic acids is 1. The van der Waals surface area contributed by atoms with Crippen LogP contribution in [0.15, 0.2) is 36.5 Å². The molecule has 0 aliphatic carbocycles. The predicted molar refractivity (Wildman–Crippen MR) is 176 cm³/mol. The molecule has 0 amide bonds. The van der Waals surface area contributed by atoms with Gasteiger partial charge in [0.15, 0.2) is 6.10 Å². The molecule has 0 saturated heterocycles. The first-order valence-electron chi connectivity index (χ1n) is 17.0. The van der Waals surface area contributed by atoms with Gasteiger partial charge in [0.2, 0.25) is 0 Å². The van der Waals surface area contributed by atoms with Gasteiger partial charge in [-0.25, -0.2) is 0 Å². The number of carboxylic acids is 1. The van der Waals surface area contributed by atoms with E-state index in [1.165, 1.54) is 38.5 Å². The lowest BCUT2D eigenvalue weighted by Crippen LogP contribution is -2.55. The number of unbranched alkanes of at least 4 members (excludes halogenated alkanes) is 9. The van der Waals surface area contributed by atoms with Gasteiger partial charge in [0, 0.05) is 19.3 Å². The zero-order valence-corrected chi connectivity index (χ0v) is 28.6. The summed E-state index contributed by atoms with van der Waals surface area (Å²) in [5.74, 6) is -1.86. The van der Waals surface area contributed by atoms with Crippen LogP contribution in [0, 0.1) is 0 Å². The first-order chi connectivity index (χ1) is 21.1. The highest BCUT2D eigenvalue weighted by Crippen LogP contribution is 2.11. The van der Waals surface area contributed by atoms with Crippen LogP contribution in [-0.2, 0) is 28.6 Å². The van der Waals surface area contributed by atoms with E-state index in [1.807, 2.05) is 12.2 Å². The van der Waals surface area contributed by atoms with E-state index >= 15 is 0 Å². The molecule has 0 aromatic rings. The molecule has 0 radical (unpaired) electrons. The fourth-order valence-corrected chi connectivity index (χ4v) is 4.59. The van der Waals surface area contributed by atoms with Crippen LogP contribution < -0.4 is 5.11 Å². The van der Waals surface area contributed by atoms with E-state index in [0.717, 1.165) is 44.9 Å². The number of carbonyl (C=O) groups excluding carboxylic acids is 3. The highest BCUT2D eigenvalue weighted by atomic mass is 16.6. The van der Waals surface area contributed by atoms with E-state index < -0.39 is 24.1 Å². The topological polar surface area (TPSA) is 102 Å². The van der Waals surface area contributed by atoms with Gasteiger partial charge >= 0.3 is 11.9 Å². The Morgan fingerprint density at radius 2 is 1.32 bits per heavy atom. The van der Waals surface area contributed by atoms with E-state index in [1.54, 1.807) is 21.1 Å². The molecule has 0 aliphatic heterocycles. The second kappa shape index (κ2) is 28.1. The summed E-state index contributed by atoms with van der Waals surface area (Å²) < 4.78 is 16.9. The number of carboxylic acid groups (broad SMARTS) is 1. The van der Waals surface area contributed by atoms with Crippen LogP contribution >= 0.6 is 0 Å². The van der Waals surface area contributed by atoms with Crippen molar-refractivity contribution in [1.29, 1.82) is 0 Å². The minimum atomic E-state index is -1.14. The average molecular weight is 622 g/mol. The first-order valence-corrected chi connectivity index (χ1v) is 17.0. The maximum absolute atomic E-state index is 12.4. The Morgan fingerprint density at radius 3 is 1.95 bits per heavy atom. The number of rotatable bonds is 29. The number of quaternary nitrogens is 1. The normalized spacial score (nSPS) is 13.6. The molecule has 0 N–H and O–H groups in total. The number of allylic oxidation sites excluding steroid dienone is 6. The molecule has 0 aromatic carbocycles. The van der Waals surface area contributed by atoms with Gasteiger partial charge in [0.25, 0.3) is 0 Å². The Balaban J connectivity index is 4.49. The largest absolute Gasteiger partial charge is 0.544 e. The van der Waals surface area contributed by atoms with Crippen molar-refractivity contribution in [2.24, 2.45) is 0 Å². The molecule has 8 heteroatoms. The standard InChI is InChI=1S/C36H63NO7/c1-6-8-10-12-14-15-16-17-18-19-21-22-24-26-34(38)43-31-32(30-42-29-28-33(36(40)41)37(3,4)5)44-35(39)27-25-23-20-13-11-9-7-2/h9,11,17-18,20,23,32-33H,6-8,10,12-16,19,21-22,24-31H2,1-5H3/b11-9+,18-17+,23-20+. The van der Waals surface area contributed by atoms with Crippen molar-refractivity contribution in [3.8, 4) is 0 Å². The maximum atomic E-state index is 12.4. The number of ether oxygens (including phenoxy) is 3. The summed E-state index contributed by atoms with van der Waals surface area (Å²) in [6.45, 7) is 4.39. The third-order valence-electron chi connectivity index (χ3n) is 7.27. The first kappa shape index (κ1) is 41.5. The summed E-state index contributed by atoms with van der Waals surface area (Å²) in [6.07, 6.45) is 27.8. The summed E-state index contributed by atoms with van der Waals surface area (Å²) in [6, 6.07) is -0.733. The summed E-state index contributed by atoms with van der Waals surface area (Å²) in [5, 5.41) is 11.5. The molecule has 44 heavy (non-hydrogen) atoms. The molecular weight excluding hydrogens is 558 g/mol. The highest BCUT2D eigenvalue weighted by molar-refractivity contribution is 5.70. The number of likely N-dealkylation sites (N-methyl/N-ethyl adjacent to an activating group) is 1. The van der Waals surface area contributed by atoms with Crippen LogP contribution in [0.4, 0.5) is 0 Å². The molecular formula is C36H63NO7. The zero-order valence-electron chi connectivity index (χ0n) is 28.6. The van der Waals surface area contributed by atoms with Crippen molar-refractivity contribution >= 4 is 17.9 Å². The molecule has 2 atom stereocenters. The lowest BCUT2D eigenvalue weighted by Gasteiger charge is -2.34. The molecule has 0 aromatic heterocycles. The Hall–Kier alpha value is -2.45. The van der Waals surface area contributed by atoms with Gasteiger partial charge in [-0.3, -0.25) is 9.59 Å². The molecule has 254 valence electrons. The number of carbonyl (C=O) groups is 3. The van der Waals surface area contributed by atoms with Gasteiger partial charge < -0.3 is 28.6 Å². The zero-order chi connectivity index (χ0) is 32.9. The average Bonchev–Trinajstić information content (AvgIpc) is 2.96. The molecule has 8 nitrogen and oxygen atoms in total. The van der Waals surface area contributed by atoms with E-state index in [-0.39, 0.29) is 43.1 Å². The van der Waals surface area contributed by atoms with Crippen LogP contribution in [0.3, 0.4) is 0 Å². The predicted octanol–water partition coefficient (Wildman–Crippen LogP) is 6.62. The van der Waals surface area contributed by atoms with Crippen LogP contribution in [0.1, 0.15) is 123 Å². The SMILES string of the molecule is CC/C=C/C/C=C/CCC(=O)OC(COCCC(C(=O)[O-])[N+](C)(C)C)COC(=O)CCCCC/C=C/CCCCCCCC. The Labute approximate surface area is 268 Å². The van der Waals surface area contributed by atoms with E-state index in [2.05, 4.69) is 38.2 Å². The number of esters is 2. The second-order valence-electron chi connectivity index (χ2n) is 12.4. The second-order valence-corrected chi connectivity index (χ2v) is 12.4. The Kier molecular flexibility index (Phi) is 26.5.